The minimum Gasteiger partial charge on any atom is -0.491 e. The molecule has 6 rings (SSSR count). The summed E-state index contributed by atoms with van der Waals surface area (Å²) in [5.74, 6) is 1.79. The van der Waals surface area contributed by atoms with Crippen LogP contribution in [-0.2, 0) is 10.3 Å². The summed E-state index contributed by atoms with van der Waals surface area (Å²) in [6.45, 7) is 4.69. The van der Waals surface area contributed by atoms with E-state index < -0.39 is 5.60 Å². The highest BCUT2D eigenvalue weighted by Crippen LogP contribution is 2.45. The maximum Gasteiger partial charge on any atom is 0.253 e. The Morgan fingerprint density at radius 1 is 1.12 bits per heavy atom. The third-order valence-corrected chi connectivity index (χ3v) is 7.37. The van der Waals surface area contributed by atoms with Crippen LogP contribution < -0.4 is 9.47 Å². The average Bonchev–Trinajstić information content (AvgIpc) is 3.57. The number of carbonyl (C=O) groups excluding carboxylic acids is 1. The third-order valence-electron chi connectivity index (χ3n) is 7.37. The van der Waals surface area contributed by atoms with Crippen molar-refractivity contribution in [1.29, 1.82) is 0 Å². The second kappa shape index (κ2) is 8.51. The van der Waals surface area contributed by atoms with Crippen molar-refractivity contribution in [1.82, 2.24) is 9.47 Å². The van der Waals surface area contributed by atoms with Gasteiger partial charge in [-0.1, -0.05) is 12.1 Å². The van der Waals surface area contributed by atoms with E-state index in [1.807, 2.05) is 48.2 Å². The van der Waals surface area contributed by atoms with E-state index >= 15 is 0 Å². The number of hydrogen-bond acceptors (Lipinski definition) is 4. The lowest BCUT2D eigenvalue weighted by atomic mass is 9.86. The summed E-state index contributed by atoms with van der Waals surface area (Å²) in [7, 11) is 0. The molecule has 3 aliphatic heterocycles. The van der Waals surface area contributed by atoms with E-state index in [1.54, 1.807) is 0 Å². The maximum absolute atomic E-state index is 13.3. The second-order valence-electron chi connectivity index (χ2n) is 9.55. The second-order valence-corrected chi connectivity index (χ2v) is 9.55. The van der Waals surface area contributed by atoms with Crippen LogP contribution in [0.15, 0.2) is 60.8 Å². The predicted molar refractivity (Wildman–Crippen MR) is 129 cm³/mol. The molecule has 1 aromatic heterocycles. The fourth-order valence-electron chi connectivity index (χ4n) is 5.48. The molecule has 34 heavy (non-hydrogen) atoms. The van der Waals surface area contributed by atoms with E-state index in [9.17, 15) is 4.79 Å². The van der Waals surface area contributed by atoms with E-state index in [2.05, 4.69) is 29.0 Å². The van der Waals surface area contributed by atoms with Gasteiger partial charge >= 0.3 is 0 Å². The minimum absolute atomic E-state index is 0.0650. The molecule has 0 saturated carbocycles. The third kappa shape index (κ3) is 3.66. The van der Waals surface area contributed by atoms with Crippen LogP contribution in [0.5, 0.6) is 11.5 Å². The number of aromatic nitrogens is 1. The van der Waals surface area contributed by atoms with Gasteiger partial charge in [-0.25, -0.2) is 0 Å². The number of rotatable bonds is 4. The van der Waals surface area contributed by atoms with Crippen molar-refractivity contribution in [2.75, 3.05) is 26.3 Å². The van der Waals surface area contributed by atoms with Gasteiger partial charge in [0.2, 0.25) is 0 Å². The Morgan fingerprint density at radius 3 is 2.76 bits per heavy atom. The Bertz CT molecular complexity index is 1200. The number of hydrogen-bond donors (Lipinski definition) is 0. The highest BCUT2D eigenvalue weighted by atomic mass is 16.5. The minimum atomic E-state index is -0.398. The molecule has 0 radical (unpaired) electrons. The normalized spacial score (nSPS) is 20.5. The number of ether oxygens (including phenoxy) is 3. The molecule has 1 unspecified atom stereocenters. The van der Waals surface area contributed by atoms with Gasteiger partial charge in [-0.05, 0) is 67.8 Å². The van der Waals surface area contributed by atoms with Gasteiger partial charge < -0.3 is 23.7 Å². The summed E-state index contributed by atoms with van der Waals surface area (Å²) in [6, 6.07) is 18.1. The first kappa shape index (κ1) is 21.3. The quantitative estimate of drug-likeness (QED) is 0.560. The van der Waals surface area contributed by atoms with Crippen molar-refractivity contribution in [2.45, 2.75) is 44.3 Å². The van der Waals surface area contributed by atoms with Crippen molar-refractivity contribution in [3.05, 3.63) is 77.6 Å². The van der Waals surface area contributed by atoms with Crippen molar-refractivity contribution in [2.24, 2.45) is 0 Å². The molecule has 2 fully saturated rings. The number of para-hydroxylation sites is 2. The van der Waals surface area contributed by atoms with Crippen LogP contribution in [0.3, 0.4) is 0 Å². The Kier molecular flexibility index (Phi) is 5.33. The van der Waals surface area contributed by atoms with Crippen LogP contribution in [0.25, 0.3) is 5.69 Å². The average molecular weight is 459 g/mol. The summed E-state index contributed by atoms with van der Waals surface area (Å²) in [5.41, 5.74) is 3.52. The first-order valence-electron chi connectivity index (χ1n) is 12.2. The lowest BCUT2D eigenvalue weighted by molar-refractivity contribution is -0.00931. The molecule has 0 N–H and O–H groups in total. The summed E-state index contributed by atoms with van der Waals surface area (Å²) in [6.07, 6.45) is 5.95. The Balaban J connectivity index is 1.14. The number of benzene rings is 2. The predicted octanol–water partition coefficient (Wildman–Crippen LogP) is 4.87. The van der Waals surface area contributed by atoms with Crippen LogP contribution in [-0.4, -0.2) is 47.8 Å². The zero-order valence-corrected chi connectivity index (χ0v) is 19.5. The molecular weight excluding hydrogens is 428 g/mol. The molecule has 0 bridgehead atoms. The first-order chi connectivity index (χ1) is 16.6. The van der Waals surface area contributed by atoms with E-state index in [0.717, 1.165) is 55.0 Å². The van der Waals surface area contributed by atoms with E-state index in [1.165, 1.54) is 5.69 Å². The molecule has 2 saturated heterocycles. The first-order valence-corrected chi connectivity index (χ1v) is 12.2. The van der Waals surface area contributed by atoms with Gasteiger partial charge in [0.25, 0.3) is 5.91 Å². The molecule has 1 spiro atoms. The highest BCUT2D eigenvalue weighted by molar-refractivity contribution is 5.94. The maximum atomic E-state index is 13.3. The van der Waals surface area contributed by atoms with Crippen LogP contribution in [0, 0.1) is 6.92 Å². The van der Waals surface area contributed by atoms with E-state index in [0.29, 0.717) is 25.3 Å². The molecule has 4 heterocycles. The standard InChI is InChI=1S/C28H30N2O4/c1-20-18-21(10-11-24(20)33-19-22-6-5-17-32-22)27(31)29-15-12-28(13-16-29)26-9-4-14-30(26)23-7-2-3-8-25(23)34-28/h2-4,7-11,14,18,22H,5-6,12-13,15-17,19H2,1H3. The Labute approximate surface area is 200 Å². The largest absolute Gasteiger partial charge is 0.491 e. The summed E-state index contributed by atoms with van der Waals surface area (Å²) >= 11 is 0. The molecule has 1 amide bonds. The zero-order valence-electron chi connectivity index (χ0n) is 19.5. The van der Waals surface area contributed by atoms with Gasteiger partial charge in [0.1, 0.15) is 18.1 Å². The van der Waals surface area contributed by atoms with Gasteiger partial charge in [-0.2, -0.15) is 0 Å². The van der Waals surface area contributed by atoms with Crippen LogP contribution >= 0.6 is 0 Å². The lowest BCUT2D eigenvalue weighted by Gasteiger charge is -2.45. The molecule has 2 aromatic carbocycles. The summed E-state index contributed by atoms with van der Waals surface area (Å²) < 4.78 is 20.4. The number of carbonyl (C=O) groups is 1. The monoisotopic (exact) mass is 458 g/mol. The van der Waals surface area contributed by atoms with Gasteiger partial charge in [0, 0.05) is 44.3 Å². The molecule has 6 nitrogen and oxygen atoms in total. The molecular formula is C28H30N2O4. The smallest absolute Gasteiger partial charge is 0.253 e. The summed E-state index contributed by atoms with van der Waals surface area (Å²) in [4.78, 5) is 15.3. The van der Waals surface area contributed by atoms with Crippen molar-refractivity contribution < 1.29 is 19.0 Å². The van der Waals surface area contributed by atoms with Gasteiger partial charge in [0.15, 0.2) is 5.60 Å². The molecule has 3 aliphatic rings. The number of fused-ring (bicyclic) bond motifs is 4. The van der Waals surface area contributed by atoms with E-state index in [4.69, 9.17) is 14.2 Å². The molecule has 1 atom stereocenters. The lowest BCUT2D eigenvalue weighted by Crippen LogP contribution is -2.50. The zero-order chi connectivity index (χ0) is 23.1. The van der Waals surface area contributed by atoms with Crippen LogP contribution in [0.1, 0.15) is 47.3 Å². The Morgan fingerprint density at radius 2 is 1.97 bits per heavy atom. The van der Waals surface area contributed by atoms with Gasteiger partial charge in [-0.3, -0.25) is 4.79 Å². The topological polar surface area (TPSA) is 52.9 Å². The van der Waals surface area contributed by atoms with Crippen molar-refractivity contribution in [3.63, 3.8) is 0 Å². The van der Waals surface area contributed by atoms with Gasteiger partial charge in [0.05, 0.1) is 17.5 Å². The Hall–Kier alpha value is -3.25. The van der Waals surface area contributed by atoms with Gasteiger partial charge in [-0.15, -0.1) is 0 Å². The summed E-state index contributed by atoms with van der Waals surface area (Å²) in [5, 5.41) is 0. The molecule has 176 valence electrons. The SMILES string of the molecule is Cc1cc(C(=O)N2CCC3(CC2)Oc2ccccc2-n2cccc23)ccc1OCC1CCCO1. The fraction of sp³-hybridized carbons (Fsp3) is 0.393. The van der Waals surface area contributed by atoms with Crippen LogP contribution in [0.2, 0.25) is 0 Å². The number of nitrogens with zero attached hydrogens (tertiary/aromatic N) is 2. The highest BCUT2D eigenvalue weighted by Gasteiger charge is 2.44. The number of piperidine rings is 1. The fourth-order valence-corrected chi connectivity index (χ4v) is 5.48. The molecule has 3 aromatic rings. The van der Waals surface area contributed by atoms with Crippen molar-refractivity contribution >= 4 is 5.91 Å². The van der Waals surface area contributed by atoms with Crippen LogP contribution in [0.4, 0.5) is 0 Å². The van der Waals surface area contributed by atoms with Crippen molar-refractivity contribution in [3.8, 4) is 17.2 Å². The number of amides is 1. The number of likely N-dealkylation sites (tertiary alicyclic amines) is 1. The number of aryl methyl sites for hydroxylation is 1. The van der Waals surface area contributed by atoms with E-state index in [-0.39, 0.29) is 12.0 Å². The molecule has 0 aliphatic carbocycles. The molecule has 6 heteroatoms.